The summed E-state index contributed by atoms with van der Waals surface area (Å²) in [5, 5.41) is 3.64. The number of aryl methyl sites for hydroxylation is 1. The van der Waals surface area contributed by atoms with Crippen LogP contribution >= 0.6 is 0 Å². The van der Waals surface area contributed by atoms with Gasteiger partial charge in [-0.15, -0.1) is 0 Å². The van der Waals surface area contributed by atoms with E-state index in [-0.39, 0.29) is 12.1 Å². The molecule has 2 heteroatoms. The first-order valence-corrected chi connectivity index (χ1v) is 7.73. The molecule has 1 atom stereocenters. The van der Waals surface area contributed by atoms with Crippen LogP contribution in [-0.4, -0.2) is 12.6 Å². The zero-order valence-electron chi connectivity index (χ0n) is 13.0. The summed E-state index contributed by atoms with van der Waals surface area (Å²) in [6, 6.07) is 15.5. The van der Waals surface area contributed by atoms with Crippen molar-refractivity contribution >= 4 is 0 Å². The number of rotatable bonds is 3. The monoisotopic (exact) mass is 281 g/mol. The molecule has 3 rings (SSSR count). The van der Waals surface area contributed by atoms with Crippen molar-refractivity contribution in [3.8, 4) is 5.75 Å². The summed E-state index contributed by atoms with van der Waals surface area (Å²) < 4.78 is 5.86. The molecule has 0 saturated carbocycles. The third-order valence-electron chi connectivity index (χ3n) is 3.92. The van der Waals surface area contributed by atoms with Gasteiger partial charge in [0.1, 0.15) is 5.75 Å². The molecule has 2 aromatic rings. The van der Waals surface area contributed by atoms with E-state index < -0.39 is 0 Å². The van der Waals surface area contributed by atoms with Gasteiger partial charge in [-0.25, -0.2) is 0 Å². The average molecular weight is 281 g/mol. The predicted octanol–water partition coefficient (Wildman–Crippen LogP) is 4.02. The standard InChI is InChI=1S/C19H23NO/c1-13(2)21-17-8-7-15-9-10-20-19(18(15)12-17)16-6-4-5-14(3)11-16/h4-8,11-13,19-20H,9-10H2,1-3H3. The Morgan fingerprint density at radius 3 is 2.76 bits per heavy atom. The SMILES string of the molecule is Cc1cccc(C2NCCc3ccc(OC(C)C)cc32)c1. The Morgan fingerprint density at radius 1 is 1.14 bits per heavy atom. The molecule has 0 aromatic heterocycles. The van der Waals surface area contributed by atoms with Gasteiger partial charge in [0.15, 0.2) is 0 Å². The van der Waals surface area contributed by atoms with Crippen LogP contribution in [0.3, 0.4) is 0 Å². The summed E-state index contributed by atoms with van der Waals surface area (Å²) in [4.78, 5) is 0. The number of fused-ring (bicyclic) bond motifs is 1. The van der Waals surface area contributed by atoms with E-state index in [4.69, 9.17) is 4.74 Å². The molecule has 0 aliphatic carbocycles. The van der Waals surface area contributed by atoms with E-state index in [1.54, 1.807) is 0 Å². The Bertz CT molecular complexity index is 633. The van der Waals surface area contributed by atoms with E-state index in [0.717, 1.165) is 18.7 Å². The average Bonchev–Trinajstić information content (AvgIpc) is 2.46. The Balaban J connectivity index is 1.99. The minimum atomic E-state index is 0.206. The largest absolute Gasteiger partial charge is 0.491 e. The van der Waals surface area contributed by atoms with Gasteiger partial charge in [0.25, 0.3) is 0 Å². The summed E-state index contributed by atoms with van der Waals surface area (Å²) >= 11 is 0. The maximum atomic E-state index is 5.86. The van der Waals surface area contributed by atoms with Gasteiger partial charge in [0, 0.05) is 6.54 Å². The molecule has 2 aromatic carbocycles. The minimum Gasteiger partial charge on any atom is -0.491 e. The lowest BCUT2D eigenvalue weighted by atomic mass is 9.89. The molecule has 2 nitrogen and oxygen atoms in total. The summed E-state index contributed by atoms with van der Waals surface area (Å²) in [5.41, 5.74) is 5.41. The summed E-state index contributed by atoms with van der Waals surface area (Å²) in [6.45, 7) is 7.30. The second kappa shape index (κ2) is 5.90. The van der Waals surface area contributed by atoms with E-state index in [1.165, 1.54) is 22.3 Å². The van der Waals surface area contributed by atoms with Crippen LogP contribution in [0.1, 0.15) is 42.1 Å². The van der Waals surface area contributed by atoms with Crippen molar-refractivity contribution in [2.45, 2.75) is 39.3 Å². The fourth-order valence-electron chi connectivity index (χ4n) is 3.02. The normalized spacial score (nSPS) is 17.6. The van der Waals surface area contributed by atoms with Crippen LogP contribution in [0.15, 0.2) is 42.5 Å². The molecule has 21 heavy (non-hydrogen) atoms. The predicted molar refractivity (Wildman–Crippen MR) is 86.9 cm³/mol. The van der Waals surface area contributed by atoms with Gasteiger partial charge in [-0.05, 0) is 56.0 Å². The van der Waals surface area contributed by atoms with Crippen molar-refractivity contribution < 1.29 is 4.74 Å². The van der Waals surface area contributed by atoms with Crippen molar-refractivity contribution in [2.75, 3.05) is 6.54 Å². The van der Waals surface area contributed by atoms with Crippen LogP contribution in [0, 0.1) is 6.92 Å². The lowest BCUT2D eigenvalue weighted by molar-refractivity contribution is 0.242. The minimum absolute atomic E-state index is 0.206. The number of ether oxygens (including phenoxy) is 1. The van der Waals surface area contributed by atoms with E-state index >= 15 is 0 Å². The molecule has 1 heterocycles. The highest BCUT2D eigenvalue weighted by molar-refractivity contribution is 5.44. The van der Waals surface area contributed by atoms with Crippen LogP contribution in [0.25, 0.3) is 0 Å². The van der Waals surface area contributed by atoms with Crippen molar-refractivity contribution in [1.82, 2.24) is 5.32 Å². The summed E-state index contributed by atoms with van der Waals surface area (Å²) in [7, 11) is 0. The Kier molecular flexibility index (Phi) is 3.98. The third kappa shape index (κ3) is 3.11. The highest BCUT2D eigenvalue weighted by atomic mass is 16.5. The molecule has 1 N–H and O–H groups in total. The highest BCUT2D eigenvalue weighted by Crippen LogP contribution is 2.32. The fraction of sp³-hybridized carbons (Fsp3) is 0.368. The van der Waals surface area contributed by atoms with Crippen molar-refractivity contribution in [3.05, 3.63) is 64.7 Å². The van der Waals surface area contributed by atoms with Gasteiger partial charge in [0.05, 0.1) is 12.1 Å². The van der Waals surface area contributed by atoms with E-state index in [2.05, 4.69) is 68.6 Å². The molecule has 0 fully saturated rings. The van der Waals surface area contributed by atoms with Crippen LogP contribution in [-0.2, 0) is 6.42 Å². The van der Waals surface area contributed by atoms with Gasteiger partial charge in [-0.2, -0.15) is 0 Å². The van der Waals surface area contributed by atoms with Crippen LogP contribution in [0.5, 0.6) is 5.75 Å². The first-order valence-electron chi connectivity index (χ1n) is 7.73. The van der Waals surface area contributed by atoms with Crippen LogP contribution in [0.4, 0.5) is 0 Å². The molecule has 1 unspecified atom stereocenters. The van der Waals surface area contributed by atoms with Crippen LogP contribution < -0.4 is 10.1 Å². The molecule has 0 spiro atoms. The Morgan fingerprint density at radius 2 is 2.00 bits per heavy atom. The molecular formula is C19H23NO. The van der Waals surface area contributed by atoms with Gasteiger partial charge >= 0.3 is 0 Å². The van der Waals surface area contributed by atoms with Crippen molar-refractivity contribution in [2.24, 2.45) is 0 Å². The van der Waals surface area contributed by atoms with Crippen molar-refractivity contribution in [3.63, 3.8) is 0 Å². The molecule has 110 valence electrons. The van der Waals surface area contributed by atoms with Crippen LogP contribution in [0.2, 0.25) is 0 Å². The first-order chi connectivity index (χ1) is 10.1. The Labute approximate surface area is 127 Å². The maximum Gasteiger partial charge on any atom is 0.120 e. The second-order valence-electron chi connectivity index (χ2n) is 6.08. The smallest absolute Gasteiger partial charge is 0.120 e. The Hall–Kier alpha value is -1.80. The quantitative estimate of drug-likeness (QED) is 0.917. The van der Waals surface area contributed by atoms with E-state index in [0.29, 0.717) is 0 Å². The molecule has 0 bridgehead atoms. The maximum absolute atomic E-state index is 5.86. The number of nitrogens with one attached hydrogen (secondary N) is 1. The van der Waals surface area contributed by atoms with Gasteiger partial charge in [-0.1, -0.05) is 35.9 Å². The molecule has 1 aliphatic rings. The second-order valence-corrected chi connectivity index (χ2v) is 6.08. The third-order valence-corrected chi connectivity index (χ3v) is 3.92. The summed E-state index contributed by atoms with van der Waals surface area (Å²) in [6.07, 6.45) is 1.29. The molecular weight excluding hydrogens is 258 g/mol. The zero-order chi connectivity index (χ0) is 14.8. The topological polar surface area (TPSA) is 21.3 Å². The molecule has 0 saturated heterocycles. The highest BCUT2D eigenvalue weighted by Gasteiger charge is 2.22. The van der Waals surface area contributed by atoms with E-state index in [9.17, 15) is 0 Å². The lowest BCUT2D eigenvalue weighted by Gasteiger charge is -2.28. The first kappa shape index (κ1) is 14.2. The summed E-state index contributed by atoms with van der Waals surface area (Å²) in [5.74, 6) is 0.963. The zero-order valence-corrected chi connectivity index (χ0v) is 13.0. The van der Waals surface area contributed by atoms with E-state index in [1.807, 2.05) is 0 Å². The van der Waals surface area contributed by atoms with Gasteiger partial charge in [0.2, 0.25) is 0 Å². The molecule has 1 aliphatic heterocycles. The van der Waals surface area contributed by atoms with Gasteiger partial charge < -0.3 is 10.1 Å². The van der Waals surface area contributed by atoms with Gasteiger partial charge in [-0.3, -0.25) is 0 Å². The fourth-order valence-corrected chi connectivity index (χ4v) is 3.02. The number of hydrogen-bond donors (Lipinski definition) is 1. The van der Waals surface area contributed by atoms with Crippen molar-refractivity contribution in [1.29, 1.82) is 0 Å². The molecule has 0 amide bonds. The lowest BCUT2D eigenvalue weighted by Crippen LogP contribution is -2.30. The molecule has 0 radical (unpaired) electrons. The number of benzene rings is 2. The number of hydrogen-bond acceptors (Lipinski definition) is 2.